The molecule has 0 unspecified atom stereocenters. The molecule has 0 atom stereocenters. The molecule has 130 valence electrons. The highest BCUT2D eigenvalue weighted by Gasteiger charge is 2.35. The van der Waals surface area contributed by atoms with Crippen LogP contribution in [0.15, 0.2) is 5.16 Å². The predicted octanol–water partition coefficient (Wildman–Crippen LogP) is 2.60. The Hall–Kier alpha value is -0.590. The summed E-state index contributed by atoms with van der Waals surface area (Å²) >= 11 is 1.82. The van der Waals surface area contributed by atoms with Crippen LogP contribution in [0.3, 0.4) is 0 Å². The Balaban J connectivity index is 1.35. The van der Waals surface area contributed by atoms with E-state index in [9.17, 15) is 0 Å². The van der Waals surface area contributed by atoms with E-state index in [1.807, 2.05) is 18.7 Å². The molecule has 2 aliphatic rings. The first-order valence-corrected chi connectivity index (χ1v) is 10.2. The maximum Gasteiger partial charge on any atom is 0.191 e. The van der Waals surface area contributed by atoms with Crippen molar-refractivity contribution in [2.24, 2.45) is 5.41 Å². The molecule has 1 aromatic heterocycles. The molecule has 23 heavy (non-hydrogen) atoms. The van der Waals surface area contributed by atoms with Crippen molar-refractivity contribution in [1.29, 1.82) is 0 Å². The molecule has 0 aromatic carbocycles. The number of thioether (sulfide) groups is 1. The Bertz CT molecular complexity index is 485. The van der Waals surface area contributed by atoms with E-state index in [0.29, 0.717) is 5.41 Å². The Morgan fingerprint density at radius 3 is 2.65 bits per heavy atom. The Morgan fingerprint density at radius 2 is 1.96 bits per heavy atom. The molecule has 0 amide bonds. The molecule has 2 fully saturated rings. The summed E-state index contributed by atoms with van der Waals surface area (Å²) in [7, 11) is 0. The van der Waals surface area contributed by atoms with Gasteiger partial charge in [0.1, 0.15) is 5.82 Å². The maximum atomic E-state index is 4.27. The summed E-state index contributed by atoms with van der Waals surface area (Å²) in [6.07, 6.45) is 8.33. The van der Waals surface area contributed by atoms with E-state index in [1.165, 1.54) is 51.6 Å². The second-order valence-electron chi connectivity index (χ2n) is 7.10. The minimum atomic E-state index is 0.674. The minimum absolute atomic E-state index is 0.674. The van der Waals surface area contributed by atoms with Crippen LogP contribution in [0.1, 0.15) is 51.3 Å². The zero-order valence-corrected chi connectivity index (χ0v) is 15.4. The van der Waals surface area contributed by atoms with Crippen LogP contribution < -0.4 is 10.6 Å². The van der Waals surface area contributed by atoms with Crippen LogP contribution in [0.4, 0.5) is 0 Å². The van der Waals surface area contributed by atoms with E-state index in [0.717, 1.165) is 35.9 Å². The highest BCUT2D eigenvalue weighted by molar-refractivity contribution is 7.99. The van der Waals surface area contributed by atoms with Crippen molar-refractivity contribution < 1.29 is 0 Å². The monoisotopic (exact) mass is 337 g/mol. The standard InChI is InChI=1S/C17H31N5S/c1-3-22-14(2)20-21-16(22)23-13-12-19-15-4-6-17(7-5-15)8-10-18-11-9-17/h15,18-19H,3-13H2,1-2H3. The average molecular weight is 338 g/mol. The summed E-state index contributed by atoms with van der Waals surface area (Å²) in [6, 6.07) is 0.724. The second-order valence-corrected chi connectivity index (χ2v) is 8.16. The van der Waals surface area contributed by atoms with Crippen LogP contribution in [-0.2, 0) is 6.54 Å². The second kappa shape index (κ2) is 7.99. The van der Waals surface area contributed by atoms with Gasteiger partial charge in [-0.3, -0.25) is 0 Å². The summed E-state index contributed by atoms with van der Waals surface area (Å²) in [5.74, 6) is 2.09. The van der Waals surface area contributed by atoms with Crippen LogP contribution >= 0.6 is 11.8 Å². The first-order valence-electron chi connectivity index (χ1n) is 9.19. The van der Waals surface area contributed by atoms with Crippen LogP contribution in [-0.4, -0.2) is 46.2 Å². The van der Waals surface area contributed by atoms with E-state index >= 15 is 0 Å². The van der Waals surface area contributed by atoms with Gasteiger partial charge in [-0.05, 0) is 70.9 Å². The zero-order chi connectivity index (χ0) is 16.1. The van der Waals surface area contributed by atoms with E-state index in [-0.39, 0.29) is 0 Å². The van der Waals surface area contributed by atoms with Gasteiger partial charge in [-0.15, -0.1) is 10.2 Å². The van der Waals surface area contributed by atoms with Crippen molar-refractivity contribution in [2.75, 3.05) is 25.4 Å². The van der Waals surface area contributed by atoms with Gasteiger partial charge in [-0.2, -0.15) is 0 Å². The third-order valence-electron chi connectivity index (χ3n) is 5.69. The van der Waals surface area contributed by atoms with Gasteiger partial charge < -0.3 is 15.2 Å². The van der Waals surface area contributed by atoms with Gasteiger partial charge in [-0.1, -0.05) is 11.8 Å². The Labute approximate surface area is 144 Å². The Kier molecular flexibility index (Phi) is 5.99. The van der Waals surface area contributed by atoms with Crippen molar-refractivity contribution in [1.82, 2.24) is 25.4 Å². The molecule has 2 heterocycles. The number of piperidine rings is 1. The van der Waals surface area contributed by atoms with Gasteiger partial charge >= 0.3 is 0 Å². The molecule has 1 aliphatic heterocycles. The van der Waals surface area contributed by atoms with Gasteiger partial charge in [0, 0.05) is 24.9 Å². The lowest BCUT2D eigenvalue weighted by Gasteiger charge is -2.43. The van der Waals surface area contributed by atoms with Crippen molar-refractivity contribution in [3.05, 3.63) is 5.82 Å². The van der Waals surface area contributed by atoms with Gasteiger partial charge in [0.2, 0.25) is 0 Å². The Morgan fingerprint density at radius 1 is 1.22 bits per heavy atom. The molecule has 5 nitrogen and oxygen atoms in total. The fraction of sp³-hybridized carbons (Fsp3) is 0.882. The fourth-order valence-corrected chi connectivity index (χ4v) is 5.05. The van der Waals surface area contributed by atoms with E-state index < -0.39 is 0 Å². The molecule has 0 bridgehead atoms. The molecule has 2 N–H and O–H groups in total. The van der Waals surface area contributed by atoms with Gasteiger partial charge in [0.15, 0.2) is 5.16 Å². The lowest BCUT2D eigenvalue weighted by Crippen LogP contribution is -2.43. The van der Waals surface area contributed by atoms with Crippen molar-refractivity contribution in [3.8, 4) is 0 Å². The quantitative estimate of drug-likeness (QED) is 0.617. The SMILES string of the molecule is CCn1c(C)nnc1SCCNC1CCC2(CCNCC2)CC1. The third-order valence-corrected chi connectivity index (χ3v) is 6.66. The molecule has 6 heteroatoms. The highest BCUT2D eigenvalue weighted by Crippen LogP contribution is 2.43. The van der Waals surface area contributed by atoms with Gasteiger partial charge in [-0.25, -0.2) is 0 Å². The number of aryl methyl sites for hydroxylation is 1. The topological polar surface area (TPSA) is 54.8 Å². The molecule has 0 radical (unpaired) electrons. The normalized spacial score (nSPS) is 21.8. The fourth-order valence-electron chi connectivity index (χ4n) is 4.13. The number of hydrogen-bond acceptors (Lipinski definition) is 5. The largest absolute Gasteiger partial charge is 0.317 e. The molecule has 1 saturated heterocycles. The first kappa shape index (κ1) is 17.2. The minimum Gasteiger partial charge on any atom is -0.317 e. The number of rotatable bonds is 6. The lowest BCUT2D eigenvalue weighted by atomic mass is 9.67. The van der Waals surface area contributed by atoms with E-state index in [4.69, 9.17) is 0 Å². The summed E-state index contributed by atoms with van der Waals surface area (Å²) in [4.78, 5) is 0. The molecule has 1 spiro atoms. The highest BCUT2D eigenvalue weighted by atomic mass is 32.2. The lowest BCUT2D eigenvalue weighted by molar-refractivity contribution is 0.116. The van der Waals surface area contributed by atoms with Crippen LogP contribution in [0, 0.1) is 12.3 Å². The number of hydrogen-bond donors (Lipinski definition) is 2. The smallest absolute Gasteiger partial charge is 0.191 e. The third kappa shape index (κ3) is 4.28. The molecular weight excluding hydrogens is 306 g/mol. The summed E-state index contributed by atoms with van der Waals surface area (Å²) in [6.45, 7) is 8.65. The van der Waals surface area contributed by atoms with Crippen molar-refractivity contribution >= 4 is 11.8 Å². The summed E-state index contributed by atoms with van der Waals surface area (Å²) in [5.41, 5.74) is 0.674. The molecule has 3 rings (SSSR count). The van der Waals surface area contributed by atoms with E-state index in [1.54, 1.807) is 0 Å². The van der Waals surface area contributed by atoms with Crippen LogP contribution in [0.2, 0.25) is 0 Å². The van der Waals surface area contributed by atoms with Gasteiger partial charge in [0.05, 0.1) is 0 Å². The zero-order valence-electron chi connectivity index (χ0n) is 14.6. The summed E-state index contributed by atoms with van der Waals surface area (Å²) in [5, 5.41) is 16.8. The van der Waals surface area contributed by atoms with Crippen molar-refractivity contribution in [3.63, 3.8) is 0 Å². The molecule has 1 saturated carbocycles. The molecule has 1 aliphatic carbocycles. The van der Waals surface area contributed by atoms with Crippen molar-refractivity contribution in [2.45, 2.75) is 70.1 Å². The van der Waals surface area contributed by atoms with Crippen LogP contribution in [0.5, 0.6) is 0 Å². The first-order chi connectivity index (χ1) is 11.2. The number of nitrogens with one attached hydrogen (secondary N) is 2. The average Bonchev–Trinajstić information content (AvgIpc) is 2.94. The van der Waals surface area contributed by atoms with E-state index in [2.05, 4.69) is 32.3 Å². The number of nitrogens with zero attached hydrogens (tertiary/aromatic N) is 3. The molecular formula is C17H31N5S. The van der Waals surface area contributed by atoms with Gasteiger partial charge in [0.25, 0.3) is 0 Å². The predicted molar refractivity (Wildman–Crippen MR) is 96.0 cm³/mol. The summed E-state index contributed by atoms with van der Waals surface area (Å²) < 4.78 is 2.19. The maximum absolute atomic E-state index is 4.27. The molecule has 1 aromatic rings. The number of aromatic nitrogens is 3. The van der Waals surface area contributed by atoms with Crippen LogP contribution in [0.25, 0.3) is 0 Å².